The maximum atomic E-state index is 10.6. The van der Waals surface area contributed by atoms with Crippen molar-refractivity contribution in [2.24, 2.45) is 11.3 Å². The molecular weight excluding hydrogens is 212 g/mol. The van der Waals surface area contributed by atoms with Crippen molar-refractivity contribution in [1.29, 1.82) is 0 Å². The Morgan fingerprint density at radius 1 is 1.29 bits per heavy atom. The van der Waals surface area contributed by atoms with Crippen molar-refractivity contribution in [2.75, 3.05) is 0 Å². The van der Waals surface area contributed by atoms with Gasteiger partial charge in [-0.25, -0.2) is 0 Å². The molecule has 0 aromatic heterocycles. The molecule has 0 aliphatic carbocycles. The minimum atomic E-state index is -1.88. The number of carbonyl (C=O) groups excluding carboxylic acids is 2. The Kier molecular flexibility index (Phi) is 7.89. The van der Waals surface area contributed by atoms with Gasteiger partial charge in [0, 0.05) is 5.41 Å². The minimum Gasteiger partial charge on any atom is -0.549 e. The van der Waals surface area contributed by atoms with Crippen LogP contribution in [0.3, 0.4) is 0 Å². The zero-order valence-corrected chi connectivity index (χ0v) is 11.0. The molecule has 0 spiro atoms. The number of carboxylic acids is 2. The third-order valence-corrected chi connectivity index (χ3v) is 2.56. The summed E-state index contributed by atoms with van der Waals surface area (Å²) in [7, 11) is 0. The Hall–Kier alpha value is 0.200. The van der Waals surface area contributed by atoms with E-state index < -0.39 is 23.3 Å². The van der Waals surface area contributed by atoms with E-state index in [1.165, 1.54) is 0 Å². The van der Waals surface area contributed by atoms with Gasteiger partial charge in [0.2, 0.25) is 0 Å². The average Bonchev–Trinajstić information content (AvgIpc) is 2.02. The van der Waals surface area contributed by atoms with Crippen LogP contribution in [-0.4, -0.2) is 49.7 Å². The number of rotatable bonds is 5. The number of aliphatic carboxylic acids is 2. The van der Waals surface area contributed by atoms with E-state index in [4.69, 9.17) is 0 Å². The Morgan fingerprint density at radius 2 is 1.64 bits per heavy atom. The zero-order chi connectivity index (χ0) is 10.6. The van der Waals surface area contributed by atoms with Gasteiger partial charge in [0.1, 0.15) is 0 Å². The number of hydrogen-bond acceptors (Lipinski definition) is 4. The predicted octanol–water partition coefficient (Wildman–Crippen LogP) is -1.45. The second-order valence-electron chi connectivity index (χ2n) is 3.47. The standard InChI is InChI=1S/C9H16O4.Ca/c1-4-5-6(2)9(3,7(10)11)8(12)13;/h6H,4-5H2,1-3H3,(H,10,11)(H,12,13);/q;+2/p-2. The summed E-state index contributed by atoms with van der Waals surface area (Å²) >= 11 is 0. The van der Waals surface area contributed by atoms with Gasteiger partial charge < -0.3 is 19.8 Å². The van der Waals surface area contributed by atoms with E-state index in [0.29, 0.717) is 6.42 Å². The van der Waals surface area contributed by atoms with Crippen molar-refractivity contribution < 1.29 is 19.8 Å². The topological polar surface area (TPSA) is 80.3 Å². The average molecular weight is 226 g/mol. The summed E-state index contributed by atoms with van der Waals surface area (Å²) in [6, 6.07) is 0. The summed E-state index contributed by atoms with van der Waals surface area (Å²) < 4.78 is 0. The van der Waals surface area contributed by atoms with Crippen LogP contribution in [0.2, 0.25) is 0 Å². The summed E-state index contributed by atoms with van der Waals surface area (Å²) in [6.07, 6.45) is 1.26. The van der Waals surface area contributed by atoms with E-state index >= 15 is 0 Å². The fraction of sp³-hybridized carbons (Fsp3) is 0.778. The number of hydrogen-bond donors (Lipinski definition) is 0. The molecule has 0 saturated carbocycles. The number of carbonyl (C=O) groups is 2. The van der Waals surface area contributed by atoms with Gasteiger partial charge in [-0.05, 0) is 19.3 Å². The van der Waals surface area contributed by atoms with Gasteiger partial charge in [-0.1, -0.05) is 20.3 Å². The summed E-state index contributed by atoms with van der Waals surface area (Å²) in [5.41, 5.74) is -1.88. The first kappa shape index (κ1) is 16.6. The molecule has 0 heterocycles. The van der Waals surface area contributed by atoms with Gasteiger partial charge in [0.05, 0.1) is 11.9 Å². The molecule has 0 rings (SSSR count). The second kappa shape index (κ2) is 6.64. The van der Waals surface area contributed by atoms with Crippen molar-refractivity contribution in [3.05, 3.63) is 0 Å². The van der Waals surface area contributed by atoms with Crippen molar-refractivity contribution in [2.45, 2.75) is 33.6 Å². The van der Waals surface area contributed by atoms with Gasteiger partial charge >= 0.3 is 37.7 Å². The van der Waals surface area contributed by atoms with Gasteiger partial charge in [0.15, 0.2) is 0 Å². The molecule has 4 nitrogen and oxygen atoms in total. The van der Waals surface area contributed by atoms with E-state index in [1.54, 1.807) is 6.92 Å². The van der Waals surface area contributed by atoms with Crippen LogP contribution in [0.4, 0.5) is 0 Å². The van der Waals surface area contributed by atoms with Crippen LogP contribution in [-0.2, 0) is 9.59 Å². The number of carboxylic acid groups (broad SMARTS) is 2. The van der Waals surface area contributed by atoms with E-state index in [-0.39, 0.29) is 37.7 Å². The Labute approximate surface area is 114 Å². The molecule has 0 aromatic rings. The molecule has 1 atom stereocenters. The zero-order valence-electron chi connectivity index (χ0n) is 8.83. The molecule has 0 bridgehead atoms. The summed E-state index contributed by atoms with van der Waals surface area (Å²) in [4.78, 5) is 21.3. The van der Waals surface area contributed by atoms with Crippen LogP contribution in [0.1, 0.15) is 33.6 Å². The molecule has 0 aliphatic rings. The second-order valence-corrected chi connectivity index (χ2v) is 3.47. The fourth-order valence-corrected chi connectivity index (χ4v) is 1.21. The molecule has 5 heteroatoms. The van der Waals surface area contributed by atoms with Gasteiger partial charge in [-0.2, -0.15) is 0 Å². The third kappa shape index (κ3) is 3.40. The minimum absolute atomic E-state index is 0. The molecule has 0 fully saturated rings. The van der Waals surface area contributed by atoms with Gasteiger partial charge in [-0.3, -0.25) is 0 Å². The molecule has 0 aliphatic heterocycles. The fourth-order valence-electron chi connectivity index (χ4n) is 1.21. The summed E-state index contributed by atoms with van der Waals surface area (Å²) in [5, 5.41) is 21.3. The van der Waals surface area contributed by atoms with Crippen LogP contribution in [0, 0.1) is 11.3 Å². The van der Waals surface area contributed by atoms with E-state index in [9.17, 15) is 19.8 Å². The third-order valence-electron chi connectivity index (χ3n) is 2.56. The van der Waals surface area contributed by atoms with E-state index in [2.05, 4.69) is 0 Å². The summed E-state index contributed by atoms with van der Waals surface area (Å²) in [6.45, 7) is 4.58. The normalized spacial score (nSPS) is 12.8. The molecular formula is C9H14CaO4. The Bertz CT molecular complexity index is 201. The van der Waals surface area contributed by atoms with Crippen molar-refractivity contribution in [3.8, 4) is 0 Å². The van der Waals surface area contributed by atoms with Crippen molar-refractivity contribution in [3.63, 3.8) is 0 Å². The molecule has 0 aromatic carbocycles. The maximum absolute atomic E-state index is 10.6. The molecule has 0 amide bonds. The molecule has 0 radical (unpaired) electrons. The quantitative estimate of drug-likeness (QED) is 0.424. The molecule has 76 valence electrons. The van der Waals surface area contributed by atoms with Crippen LogP contribution in [0.15, 0.2) is 0 Å². The maximum Gasteiger partial charge on any atom is 2.00 e. The molecule has 0 N–H and O–H groups in total. The monoisotopic (exact) mass is 226 g/mol. The Balaban J connectivity index is 0. The first-order valence-electron chi connectivity index (χ1n) is 4.30. The van der Waals surface area contributed by atoms with Gasteiger partial charge in [0.25, 0.3) is 0 Å². The first-order chi connectivity index (χ1) is 5.87. The molecule has 14 heavy (non-hydrogen) atoms. The van der Waals surface area contributed by atoms with Crippen molar-refractivity contribution >= 4 is 49.7 Å². The SMILES string of the molecule is CCCC(C)C(C)(C(=O)[O-])C(=O)[O-].[Ca+2]. The largest absolute Gasteiger partial charge is 2.00 e. The predicted molar refractivity (Wildman–Crippen MR) is 47.9 cm³/mol. The summed E-state index contributed by atoms with van der Waals surface area (Å²) in [5.74, 6) is -3.63. The van der Waals surface area contributed by atoms with Gasteiger partial charge in [-0.15, -0.1) is 0 Å². The molecule has 0 saturated heterocycles. The first-order valence-corrected chi connectivity index (χ1v) is 4.30. The van der Waals surface area contributed by atoms with E-state index in [1.807, 2.05) is 6.92 Å². The Morgan fingerprint density at radius 3 is 1.86 bits per heavy atom. The van der Waals surface area contributed by atoms with Crippen LogP contribution in [0.5, 0.6) is 0 Å². The van der Waals surface area contributed by atoms with Crippen LogP contribution in [0.25, 0.3) is 0 Å². The van der Waals surface area contributed by atoms with E-state index in [0.717, 1.165) is 13.3 Å². The smallest absolute Gasteiger partial charge is 0.549 e. The molecule has 1 unspecified atom stereocenters. The van der Waals surface area contributed by atoms with Crippen LogP contribution < -0.4 is 10.2 Å². The van der Waals surface area contributed by atoms with Crippen LogP contribution >= 0.6 is 0 Å². The van der Waals surface area contributed by atoms with Crippen molar-refractivity contribution in [1.82, 2.24) is 0 Å².